The Kier molecular flexibility index (Phi) is 5.90. The lowest BCUT2D eigenvalue weighted by Crippen LogP contribution is -2.62. The first-order valence-corrected chi connectivity index (χ1v) is 12.6. The molecule has 0 radical (unpaired) electrons. The number of ether oxygens (including phenoxy) is 1. The molecular weight excluding hydrogens is 414 g/mol. The summed E-state index contributed by atoms with van der Waals surface area (Å²) in [6.45, 7) is 12.3. The monoisotopic (exact) mass is 451 g/mol. The third-order valence-electron chi connectivity index (χ3n) is 7.58. The van der Waals surface area contributed by atoms with Gasteiger partial charge in [-0.3, -0.25) is 0 Å². The molecule has 0 unspecified atom stereocenters. The summed E-state index contributed by atoms with van der Waals surface area (Å²) in [6, 6.07) is 24.1. The quantitative estimate of drug-likeness (QED) is 0.304. The zero-order valence-electron chi connectivity index (χ0n) is 21.3. The largest absolute Gasteiger partial charge is 0.373 e. The Hall–Kier alpha value is -2.84. The van der Waals surface area contributed by atoms with Gasteiger partial charge in [0, 0.05) is 22.3 Å². The van der Waals surface area contributed by atoms with Crippen molar-refractivity contribution in [2.45, 2.75) is 77.7 Å². The first kappa shape index (κ1) is 22.9. The molecule has 0 N–H and O–H groups in total. The van der Waals surface area contributed by atoms with Crippen LogP contribution in [0.15, 0.2) is 72.8 Å². The summed E-state index contributed by atoms with van der Waals surface area (Å²) < 4.78 is 6.48. The van der Waals surface area contributed by atoms with E-state index in [2.05, 4.69) is 118 Å². The van der Waals surface area contributed by atoms with Gasteiger partial charge in [-0.25, -0.2) is 0 Å². The van der Waals surface area contributed by atoms with Crippen LogP contribution in [0, 0.1) is 0 Å². The van der Waals surface area contributed by atoms with Crippen LogP contribution in [0.5, 0.6) is 0 Å². The number of hydrogen-bond acceptors (Lipinski definition) is 2. The van der Waals surface area contributed by atoms with E-state index in [9.17, 15) is 0 Å². The average molecular weight is 452 g/mol. The zero-order valence-corrected chi connectivity index (χ0v) is 21.3. The number of allylic oxidation sites excluding steroid dienone is 1. The highest BCUT2D eigenvalue weighted by Gasteiger charge is 2.46. The van der Waals surface area contributed by atoms with E-state index in [1.807, 2.05) is 0 Å². The van der Waals surface area contributed by atoms with Gasteiger partial charge >= 0.3 is 0 Å². The van der Waals surface area contributed by atoms with Crippen molar-refractivity contribution in [2.75, 3.05) is 4.90 Å². The normalized spacial score (nSPS) is 18.8. The Bertz CT molecular complexity index is 1190. The molecule has 1 aliphatic heterocycles. The minimum Gasteiger partial charge on any atom is -0.373 e. The van der Waals surface area contributed by atoms with Crippen LogP contribution in [0.4, 0.5) is 5.69 Å². The van der Waals surface area contributed by atoms with Gasteiger partial charge in [0.1, 0.15) is 0 Å². The van der Waals surface area contributed by atoms with E-state index in [0.29, 0.717) is 6.61 Å². The molecule has 1 aliphatic carbocycles. The third kappa shape index (κ3) is 4.09. The van der Waals surface area contributed by atoms with Crippen LogP contribution in [-0.4, -0.2) is 17.2 Å². The van der Waals surface area contributed by atoms with E-state index in [1.54, 1.807) is 0 Å². The van der Waals surface area contributed by atoms with Gasteiger partial charge in [-0.15, -0.1) is 0 Å². The first-order valence-electron chi connectivity index (χ1n) is 12.6. The second kappa shape index (κ2) is 8.74. The van der Waals surface area contributed by atoms with Crippen molar-refractivity contribution >= 4 is 11.8 Å². The molecule has 2 nitrogen and oxygen atoms in total. The van der Waals surface area contributed by atoms with E-state index in [1.165, 1.54) is 39.1 Å². The molecule has 2 heteroatoms. The lowest BCUT2D eigenvalue weighted by Gasteiger charge is -2.57. The molecule has 0 bridgehead atoms. The number of hydrogen-bond donors (Lipinski definition) is 0. The summed E-state index contributed by atoms with van der Waals surface area (Å²) in [5, 5.41) is 0. The fraction of sp³-hybridized carbons (Fsp3) is 0.375. The maximum Gasteiger partial charge on any atom is 0.0720 e. The molecule has 34 heavy (non-hydrogen) atoms. The van der Waals surface area contributed by atoms with E-state index in [4.69, 9.17) is 4.74 Å². The Morgan fingerprint density at radius 1 is 0.853 bits per heavy atom. The standard InChI is InChI=1S/C32H37NO/c1-6-12-28-29-19-24-15-10-11-16-26(24)27(29)17-18-30(28)33-31(2,3)20-25(21-32(33,4)5)34-22-23-13-8-7-9-14-23/h6-18,25H,19-22H2,1-5H3. The minimum absolute atomic E-state index is 0.0286. The molecule has 3 aromatic carbocycles. The predicted octanol–water partition coefficient (Wildman–Crippen LogP) is 8.03. The van der Waals surface area contributed by atoms with Gasteiger partial charge < -0.3 is 9.64 Å². The summed E-state index contributed by atoms with van der Waals surface area (Å²) in [5.74, 6) is 0. The first-order chi connectivity index (χ1) is 16.3. The van der Waals surface area contributed by atoms with Crippen LogP contribution in [0.25, 0.3) is 17.2 Å². The molecule has 2 aliphatic rings. The van der Waals surface area contributed by atoms with Crippen LogP contribution >= 0.6 is 0 Å². The van der Waals surface area contributed by atoms with Gasteiger partial charge in [0.15, 0.2) is 0 Å². The third-order valence-corrected chi connectivity index (χ3v) is 7.58. The lowest BCUT2D eigenvalue weighted by atomic mass is 9.77. The van der Waals surface area contributed by atoms with Crippen LogP contribution in [0.2, 0.25) is 0 Å². The number of piperidine rings is 1. The molecule has 0 amide bonds. The highest BCUT2D eigenvalue weighted by atomic mass is 16.5. The Balaban J connectivity index is 1.48. The summed E-state index contributed by atoms with van der Waals surface area (Å²) in [5.41, 5.74) is 9.60. The molecule has 1 fully saturated rings. The SMILES string of the molecule is CC=Cc1c(N2C(C)(C)CC(OCc3ccccc3)CC2(C)C)ccc2c1Cc1ccccc1-2. The number of benzene rings is 3. The van der Waals surface area contributed by atoms with Crippen molar-refractivity contribution in [1.82, 2.24) is 0 Å². The van der Waals surface area contributed by atoms with Gasteiger partial charge in [-0.05, 0) is 87.8 Å². The molecule has 1 heterocycles. The highest BCUT2D eigenvalue weighted by Crippen LogP contribution is 2.48. The molecule has 176 valence electrons. The van der Waals surface area contributed by atoms with E-state index >= 15 is 0 Å². The molecule has 5 rings (SSSR count). The summed E-state index contributed by atoms with van der Waals surface area (Å²) in [6.07, 6.45) is 7.79. The second-order valence-corrected chi connectivity index (χ2v) is 11.1. The molecular formula is C32H37NO. The fourth-order valence-electron chi connectivity index (χ4n) is 6.52. The molecule has 1 saturated heterocycles. The molecule has 0 spiro atoms. The van der Waals surface area contributed by atoms with Gasteiger partial charge in [0.05, 0.1) is 12.7 Å². The van der Waals surface area contributed by atoms with Crippen LogP contribution in [0.1, 0.15) is 69.7 Å². The van der Waals surface area contributed by atoms with E-state index in [0.717, 1.165) is 19.3 Å². The number of fused-ring (bicyclic) bond motifs is 3. The van der Waals surface area contributed by atoms with Gasteiger partial charge in [0.2, 0.25) is 0 Å². The molecule has 0 atom stereocenters. The van der Waals surface area contributed by atoms with Crippen molar-refractivity contribution in [3.8, 4) is 11.1 Å². The van der Waals surface area contributed by atoms with E-state index < -0.39 is 0 Å². The molecule has 3 aromatic rings. The smallest absolute Gasteiger partial charge is 0.0720 e. The van der Waals surface area contributed by atoms with Gasteiger partial charge in [-0.2, -0.15) is 0 Å². The maximum atomic E-state index is 6.48. The lowest BCUT2D eigenvalue weighted by molar-refractivity contribution is -0.0165. The summed E-state index contributed by atoms with van der Waals surface area (Å²) >= 11 is 0. The van der Waals surface area contributed by atoms with Crippen LogP contribution < -0.4 is 4.90 Å². The molecule has 0 saturated carbocycles. The van der Waals surface area contributed by atoms with Crippen molar-refractivity contribution in [1.29, 1.82) is 0 Å². The van der Waals surface area contributed by atoms with Crippen LogP contribution in [-0.2, 0) is 17.8 Å². The number of anilines is 1. The second-order valence-electron chi connectivity index (χ2n) is 11.1. The molecule has 0 aromatic heterocycles. The summed E-state index contributed by atoms with van der Waals surface area (Å²) in [7, 11) is 0. The topological polar surface area (TPSA) is 12.5 Å². The highest BCUT2D eigenvalue weighted by molar-refractivity contribution is 5.86. The van der Waals surface area contributed by atoms with E-state index in [-0.39, 0.29) is 17.2 Å². The van der Waals surface area contributed by atoms with Crippen molar-refractivity contribution in [3.63, 3.8) is 0 Å². The zero-order chi connectivity index (χ0) is 23.9. The van der Waals surface area contributed by atoms with Crippen LogP contribution in [0.3, 0.4) is 0 Å². The fourth-order valence-corrected chi connectivity index (χ4v) is 6.52. The Labute approximate surface area is 205 Å². The predicted molar refractivity (Wildman–Crippen MR) is 144 cm³/mol. The van der Waals surface area contributed by atoms with Gasteiger partial charge in [0.25, 0.3) is 0 Å². The van der Waals surface area contributed by atoms with Crippen molar-refractivity contribution in [2.24, 2.45) is 0 Å². The minimum atomic E-state index is -0.0286. The van der Waals surface area contributed by atoms with Crippen molar-refractivity contribution < 1.29 is 4.74 Å². The van der Waals surface area contributed by atoms with Gasteiger partial charge in [-0.1, -0.05) is 72.8 Å². The van der Waals surface area contributed by atoms with Crippen molar-refractivity contribution in [3.05, 3.63) is 95.1 Å². The number of rotatable bonds is 5. The Morgan fingerprint density at radius 2 is 1.53 bits per heavy atom. The summed E-state index contributed by atoms with van der Waals surface area (Å²) in [4.78, 5) is 2.68. The average Bonchev–Trinajstić information content (AvgIpc) is 3.17. The maximum absolute atomic E-state index is 6.48. The number of nitrogens with zero attached hydrogens (tertiary/aromatic N) is 1. The Morgan fingerprint density at radius 3 is 2.24 bits per heavy atom.